The summed E-state index contributed by atoms with van der Waals surface area (Å²) in [6, 6.07) is 4.68. The minimum atomic E-state index is -4.52. The van der Waals surface area contributed by atoms with Crippen molar-refractivity contribution in [3.05, 3.63) is 35.4 Å². The highest BCUT2D eigenvalue weighted by molar-refractivity contribution is 5.96. The Morgan fingerprint density at radius 3 is 2.47 bits per heavy atom. The first-order chi connectivity index (χ1) is 8.39. The molecule has 1 amide bonds. The van der Waals surface area contributed by atoms with Crippen LogP contribution >= 0.6 is 12.4 Å². The van der Waals surface area contributed by atoms with Crippen molar-refractivity contribution in [2.24, 2.45) is 5.73 Å². The van der Waals surface area contributed by atoms with Crippen molar-refractivity contribution < 1.29 is 18.0 Å². The van der Waals surface area contributed by atoms with E-state index < -0.39 is 17.6 Å². The van der Waals surface area contributed by atoms with E-state index in [9.17, 15) is 18.0 Å². The third-order valence-electron chi connectivity index (χ3n) is 2.97. The van der Waals surface area contributed by atoms with Crippen LogP contribution in [0.3, 0.4) is 0 Å². The van der Waals surface area contributed by atoms with Crippen LogP contribution in [0.2, 0.25) is 0 Å². The Bertz CT molecular complexity index is 465. The van der Waals surface area contributed by atoms with E-state index in [2.05, 4.69) is 0 Å². The Labute approximate surface area is 115 Å². The molecule has 3 nitrogen and oxygen atoms in total. The van der Waals surface area contributed by atoms with Gasteiger partial charge in [-0.05, 0) is 18.6 Å². The van der Waals surface area contributed by atoms with E-state index in [4.69, 9.17) is 5.73 Å². The normalized spacial score (nSPS) is 19.2. The standard InChI is InChI=1S/C12H13F3N2O.ClH/c13-12(14,15)10-4-2-1-3-9(10)11(18)17-6-5-8(16)7-17;/h1-4,8H,5-7,16H2;1H/t8-;/m0./s1. The molecule has 1 atom stereocenters. The van der Waals surface area contributed by atoms with Crippen molar-refractivity contribution in [2.45, 2.75) is 18.6 Å². The molecule has 0 saturated carbocycles. The van der Waals surface area contributed by atoms with E-state index in [1.807, 2.05) is 0 Å². The molecule has 1 aromatic carbocycles. The van der Waals surface area contributed by atoms with Gasteiger partial charge >= 0.3 is 6.18 Å². The minimum absolute atomic E-state index is 0. The molecular weight excluding hydrogens is 281 g/mol. The number of carbonyl (C=O) groups excluding carboxylic acids is 1. The number of carbonyl (C=O) groups is 1. The average Bonchev–Trinajstić information content (AvgIpc) is 2.74. The Balaban J connectivity index is 0.00000180. The maximum Gasteiger partial charge on any atom is 0.417 e. The molecule has 0 bridgehead atoms. The van der Waals surface area contributed by atoms with Gasteiger partial charge < -0.3 is 10.6 Å². The van der Waals surface area contributed by atoms with E-state index in [-0.39, 0.29) is 24.0 Å². The molecule has 1 heterocycles. The van der Waals surface area contributed by atoms with Gasteiger partial charge in [0, 0.05) is 19.1 Å². The largest absolute Gasteiger partial charge is 0.417 e. The highest BCUT2D eigenvalue weighted by Crippen LogP contribution is 2.32. The molecule has 1 aliphatic rings. The number of benzene rings is 1. The van der Waals surface area contributed by atoms with Gasteiger partial charge in [-0.2, -0.15) is 13.2 Å². The van der Waals surface area contributed by atoms with Crippen LogP contribution in [-0.4, -0.2) is 29.9 Å². The van der Waals surface area contributed by atoms with Crippen LogP contribution in [0.4, 0.5) is 13.2 Å². The van der Waals surface area contributed by atoms with Crippen LogP contribution in [0, 0.1) is 0 Å². The number of hydrogen-bond donors (Lipinski definition) is 1. The second kappa shape index (κ2) is 5.79. The topological polar surface area (TPSA) is 46.3 Å². The first-order valence-electron chi connectivity index (χ1n) is 5.60. The van der Waals surface area contributed by atoms with Gasteiger partial charge in [0.25, 0.3) is 5.91 Å². The van der Waals surface area contributed by atoms with Gasteiger partial charge in [0.05, 0.1) is 11.1 Å². The van der Waals surface area contributed by atoms with Crippen molar-refractivity contribution in [1.82, 2.24) is 4.90 Å². The van der Waals surface area contributed by atoms with E-state index >= 15 is 0 Å². The SMILES string of the molecule is Cl.N[C@H]1CCN(C(=O)c2ccccc2C(F)(F)F)C1. The fourth-order valence-electron chi connectivity index (χ4n) is 2.06. The number of likely N-dealkylation sites (tertiary alicyclic amines) is 1. The molecule has 7 heteroatoms. The lowest BCUT2D eigenvalue weighted by Gasteiger charge is -2.19. The number of nitrogens with zero attached hydrogens (tertiary/aromatic N) is 1. The molecule has 1 saturated heterocycles. The van der Waals surface area contributed by atoms with Crippen LogP contribution in [0.15, 0.2) is 24.3 Å². The molecule has 0 unspecified atom stereocenters. The summed E-state index contributed by atoms with van der Waals surface area (Å²) < 4.78 is 38.3. The summed E-state index contributed by atoms with van der Waals surface area (Å²) in [6.07, 6.45) is -3.89. The zero-order valence-electron chi connectivity index (χ0n) is 9.98. The third kappa shape index (κ3) is 3.39. The summed E-state index contributed by atoms with van der Waals surface area (Å²) in [5, 5.41) is 0. The van der Waals surface area contributed by atoms with E-state index in [1.54, 1.807) is 0 Å². The lowest BCUT2D eigenvalue weighted by molar-refractivity contribution is -0.138. The molecule has 1 fully saturated rings. The average molecular weight is 295 g/mol. The predicted octanol–water partition coefficient (Wildman–Crippen LogP) is 2.30. The van der Waals surface area contributed by atoms with E-state index in [0.717, 1.165) is 6.07 Å². The molecular formula is C12H14ClF3N2O. The molecule has 2 N–H and O–H groups in total. The number of nitrogens with two attached hydrogens (primary N) is 1. The van der Waals surface area contributed by atoms with E-state index in [1.165, 1.54) is 23.1 Å². The lowest BCUT2D eigenvalue weighted by Crippen LogP contribution is -2.33. The Kier molecular flexibility index (Phi) is 4.81. The number of amides is 1. The maximum atomic E-state index is 12.8. The summed E-state index contributed by atoms with van der Waals surface area (Å²) >= 11 is 0. The Hall–Kier alpha value is -1.27. The number of alkyl halides is 3. The van der Waals surface area contributed by atoms with E-state index in [0.29, 0.717) is 19.5 Å². The summed E-state index contributed by atoms with van der Waals surface area (Å²) in [5.41, 5.74) is 4.45. The second-order valence-corrected chi connectivity index (χ2v) is 4.34. The van der Waals surface area contributed by atoms with Crippen LogP contribution in [0.5, 0.6) is 0 Å². The minimum Gasteiger partial charge on any atom is -0.337 e. The van der Waals surface area contributed by atoms with Gasteiger partial charge in [-0.1, -0.05) is 12.1 Å². The number of halogens is 4. The molecule has 0 aromatic heterocycles. The quantitative estimate of drug-likeness (QED) is 0.864. The molecule has 2 rings (SSSR count). The molecule has 1 aliphatic heterocycles. The molecule has 106 valence electrons. The van der Waals surface area contributed by atoms with Crippen molar-refractivity contribution in [3.8, 4) is 0 Å². The number of rotatable bonds is 1. The molecule has 1 aromatic rings. The summed E-state index contributed by atoms with van der Waals surface area (Å²) in [5.74, 6) is -0.601. The maximum absolute atomic E-state index is 12.8. The third-order valence-corrected chi connectivity index (χ3v) is 2.97. The highest BCUT2D eigenvalue weighted by atomic mass is 35.5. The Morgan fingerprint density at radius 2 is 1.95 bits per heavy atom. The van der Waals surface area contributed by atoms with Crippen LogP contribution in [-0.2, 0) is 6.18 Å². The van der Waals surface area contributed by atoms with Gasteiger partial charge in [0.2, 0.25) is 0 Å². The predicted molar refractivity (Wildman–Crippen MR) is 67.2 cm³/mol. The van der Waals surface area contributed by atoms with Crippen LogP contribution in [0.25, 0.3) is 0 Å². The van der Waals surface area contributed by atoms with Crippen molar-refractivity contribution >= 4 is 18.3 Å². The van der Waals surface area contributed by atoms with Gasteiger partial charge in [-0.3, -0.25) is 4.79 Å². The zero-order chi connectivity index (χ0) is 13.3. The van der Waals surface area contributed by atoms with Gasteiger partial charge in [-0.25, -0.2) is 0 Å². The van der Waals surface area contributed by atoms with Gasteiger partial charge in [-0.15, -0.1) is 12.4 Å². The molecule has 19 heavy (non-hydrogen) atoms. The van der Waals surface area contributed by atoms with Crippen molar-refractivity contribution in [1.29, 1.82) is 0 Å². The number of hydrogen-bond acceptors (Lipinski definition) is 2. The summed E-state index contributed by atoms with van der Waals surface area (Å²) in [6.45, 7) is 0.719. The first-order valence-corrected chi connectivity index (χ1v) is 5.60. The zero-order valence-corrected chi connectivity index (χ0v) is 10.8. The van der Waals surface area contributed by atoms with Crippen LogP contribution < -0.4 is 5.73 Å². The first kappa shape index (κ1) is 15.8. The fourth-order valence-corrected chi connectivity index (χ4v) is 2.06. The van der Waals surface area contributed by atoms with Crippen molar-refractivity contribution in [3.63, 3.8) is 0 Å². The van der Waals surface area contributed by atoms with Crippen molar-refractivity contribution in [2.75, 3.05) is 13.1 Å². The molecule has 0 aliphatic carbocycles. The molecule has 0 spiro atoms. The highest BCUT2D eigenvalue weighted by Gasteiger charge is 2.36. The fraction of sp³-hybridized carbons (Fsp3) is 0.417. The van der Waals surface area contributed by atoms with Crippen LogP contribution in [0.1, 0.15) is 22.3 Å². The monoisotopic (exact) mass is 294 g/mol. The van der Waals surface area contributed by atoms with Gasteiger partial charge in [0.15, 0.2) is 0 Å². The second-order valence-electron chi connectivity index (χ2n) is 4.34. The van der Waals surface area contributed by atoms with Gasteiger partial charge in [0.1, 0.15) is 0 Å². The summed E-state index contributed by atoms with van der Waals surface area (Å²) in [4.78, 5) is 13.4. The Morgan fingerprint density at radius 1 is 1.32 bits per heavy atom. The smallest absolute Gasteiger partial charge is 0.337 e. The molecule has 0 radical (unpaired) electrons. The lowest BCUT2D eigenvalue weighted by atomic mass is 10.1. The summed E-state index contributed by atoms with van der Waals surface area (Å²) in [7, 11) is 0.